The van der Waals surface area contributed by atoms with Crippen molar-refractivity contribution in [3.63, 3.8) is 0 Å². The van der Waals surface area contributed by atoms with E-state index in [1.165, 1.54) is 45.6 Å². The second kappa shape index (κ2) is 10.8. The van der Waals surface area contributed by atoms with Crippen molar-refractivity contribution in [1.82, 2.24) is 0 Å². The molecule has 10 heteroatoms. The molecule has 0 saturated heterocycles. The second-order valence-corrected chi connectivity index (χ2v) is 6.81. The Balaban J connectivity index is 1.67. The molecule has 3 rings (SSSR count). The molecule has 0 aliphatic heterocycles. The highest BCUT2D eigenvalue weighted by Gasteiger charge is 2.17. The Hall–Kier alpha value is -4.60. The summed E-state index contributed by atoms with van der Waals surface area (Å²) < 4.78 is 25.1. The molecular formula is C24H21NO9. The van der Waals surface area contributed by atoms with E-state index in [4.69, 9.17) is 9.15 Å². The van der Waals surface area contributed by atoms with Gasteiger partial charge in [0.2, 0.25) is 0 Å². The molecule has 1 aromatic heterocycles. The molecule has 0 unspecified atom stereocenters. The van der Waals surface area contributed by atoms with Crippen LogP contribution in [-0.4, -0.2) is 45.1 Å². The Labute approximate surface area is 194 Å². The normalized spacial score (nSPS) is 10.2. The van der Waals surface area contributed by atoms with Gasteiger partial charge in [-0.2, -0.15) is 0 Å². The van der Waals surface area contributed by atoms with E-state index in [2.05, 4.69) is 19.5 Å². The monoisotopic (exact) mass is 467 g/mol. The zero-order valence-electron chi connectivity index (χ0n) is 18.6. The number of hydrogen-bond acceptors (Lipinski definition) is 9. The first-order valence-corrected chi connectivity index (χ1v) is 9.87. The fourth-order valence-electron chi connectivity index (χ4n) is 2.90. The lowest BCUT2D eigenvalue weighted by Gasteiger charge is -2.09. The van der Waals surface area contributed by atoms with E-state index >= 15 is 0 Å². The number of hydrogen-bond donors (Lipinski definition) is 1. The fraction of sp³-hybridized carbons (Fsp3) is 0.167. The lowest BCUT2D eigenvalue weighted by atomic mass is 10.1. The lowest BCUT2D eigenvalue weighted by Crippen LogP contribution is -2.13. The van der Waals surface area contributed by atoms with Gasteiger partial charge in [0.05, 0.1) is 38.0 Å². The van der Waals surface area contributed by atoms with Crippen molar-refractivity contribution in [3.8, 4) is 5.75 Å². The Bertz CT molecular complexity index is 1180. The Morgan fingerprint density at radius 2 is 1.29 bits per heavy atom. The van der Waals surface area contributed by atoms with Gasteiger partial charge in [-0.05, 0) is 54.6 Å². The summed E-state index contributed by atoms with van der Waals surface area (Å²) in [5.74, 6) is -1.57. The summed E-state index contributed by atoms with van der Waals surface area (Å²) in [4.78, 5) is 47.9. The number of rotatable bonds is 8. The molecule has 1 N–H and O–H groups in total. The summed E-state index contributed by atoms with van der Waals surface area (Å²) in [5, 5.41) is 2.57. The molecule has 0 aliphatic rings. The first-order valence-electron chi connectivity index (χ1n) is 9.87. The Kier molecular flexibility index (Phi) is 7.65. The number of carbonyl (C=O) groups is 4. The van der Waals surface area contributed by atoms with Gasteiger partial charge in [0.15, 0.2) is 5.76 Å². The largest absolute Gasteiger partial charge is 0.486 e. The summed E-state index contributed by atoms with van der Waals surface area (Å²) in [6.07, 6.45) is 0. The van der Waals surface area contributed by atoms with Crippen LogP contribution < -0.4 is 10.1 Å². The SMILES string of the molecule is COC(=O)c1ccc(OCc2ccc(C(=O)Nc3cc(C(=O)OC)cc(C(=O)OC)c3)o2)cc1. The highest BCUT2D eigenvalue weighted by molar-refractivity contribution is 6.04. The number of methoxy groups -OCH3 is 3. The zero-order valence-corrected chi connectivity index (χ0v) is 18.6. The van der Waals surface area contributed by atoms with E-state index in [0.717, 1.165) is 0 Å². The summed E-state index contributed by atoms with van der Waals surface area (Å²) >= 11 is 0. The maximum atomic E-state index is 12.6. The number of benzene rings is 2. The van der Waals surface area contributed by atoms with E-state index in [1.54, 1.807) is 30.3 Å². The number of amides is 1. The van der Waals surface area contributed by atoms with E-state index in [-0.39, 0.29) is 29.2 Å². The third-order valence-corrected chi connectivity index (χ3v) is 4.58. The minimum Gasteiger partial charge on any atom is -0.486 e. The average molecular weight is 467 g/mol. The van der Waals surface area contributed by atoms with Crippen LogP contribution in [0, 0.1) is 0 Å². The van der Waals surface area contributed by atoms with Gasteiger partial charge in [-0.25, -0.2) is 14.4 Å². The van der Waals surface area contributed by atoms with Gasteiger partial charge in [0.1, 0.15) is 18.1 Å². The van der Waals surface area contributed by atoms with Crippen LogP contribution in [0.3, 0.4) is 0 Å². The van der Waals surface area contributed by atoms with Crippen LogP contribution in [0.1, 0.15) is 47.4 Å². The summed E-state index contributed by atoms with van der Waals surface area (Å²) in [5.41, 5.74) is 0.687. The zero-order chi connectivity index (χ0) is 24.7. The molecule has 0 fully saturated rings. The molecule has 10 nitrogen and oxygen atoms in total. The van der Waals surface area contributed by atoms with Gasteiger partial charge in [0.25, 0.3) is 5.91 Å². The molecule has 34 heavy (non-hydrogen) atoms. The maximum absolute atomic E-state index is 12.6. The highest BCUT2D eigenvalue weighted by Crippen LogP contribution is 2.20. The van der Waals surface area contributed by atoms with Gasteiger partial charge < -0.3 is 28.7 Å². The predicted molar refractivity (Wildman–Crippen MR) is 118 cm³/mol. The average Bonchev–Trinajstić information content (AvgIpc) is 3.35. The van der Waals surface area contributed by atoms with Crippen LogP contribution >= 0.6 is 0 Å². The molecule has 3 aromatic rings. The van der Waals surface area contributed by atoms with Crippen molar-refractivity contribution in [2.45, 2.75) is 6.61 Å². The molecular weight excluding hydrogens is 446 g/mol. The van der Waals surface area contributed by atoms with Gasteiger partial charge >= 0.3 is 17.9 Å². The standard InChI is InChI=1S/C24H21NO9/c1-30-22(27)14-4-6-18(7-5-14)33-13-19-8-9-20(34-19)21(26)25-17-11-15(23(28)31-2)10-16(12-17)24(29)32-3/h4-12H,13H2,1-3H3,(H,25,26). The third kappa shape index (κ3) is 5.80. The molecule has 0 spiro atoms. The van der Waals surface area contributed by atoms with Crippen molar-refractivity contribution in [1.29, 1.82) is 0 Å². The van der Waals surface area contributed by atoms with Crippen molar-refractivity contribution >= 4 is 29.5 Å². The molecule has 176 valence electrons. The smallest absolute Gasteiger partial charge is 0.337 e. The van der Waals surface area contributed by atoms with Crippen LogP contribution in [0.25, 0.3) is 0 Å². The first kappa shape index (κ1) is 24.1. The number of nitrogens with one attached hydrogen (secondary N) is 1. The van der Waals surface area contributed by atoms with Gasteiger partial charge in [-0.1, -0.05) is 0 Å². The van der Waals surface area contributed by atoms with E-state index < -0.39 is 23.8 Å². The summed E-state index contributed by atoms with van der Waals surface area (Å²) in [7, 11) is 3.70. The number of carbonyl (C=O) groups excluding carboxylic acids is 4. The lowest BCUT2D eigenvalue weighted by molar-refractivity contribution is 0.0587. The van der Waals surface area contributed by atoms with E-state index in [9.17, 15) is 19.2 Å². The molecule has 0 aliphatic carbocycles. The maximum Gasteiger partial charge on any atom is 0.337 e. The number of esters is 3. The molecule has 1 amide bonds. The van der Waals surface area contributed by atoms with Crippen molar-refractivity contribution in [3.05, 3.63) is 82.8 Å². The minimum absolute atomic E-state index is 0.0114. The van der Waals surface area contributed by atoms with Crippen LogP contribution in [0.2, 0.25) is 0 Å². The Morgan fingerprint density at radius 1 is 0.735 bits per heavy atom. The van der Waals surface area contributed by atoms with Crippen LogP contribution in [0.15, 0.2) is 59.0 Å². The number of anilines is 1. The molecule has 0 radical (unpaired) electrons. The first-order chi connectivity index (χ1) is 16.3. The summed E-state index contributed by atoms with van der Waals surface area (Å²) in [6.45, 7) is 0.0369. The van der Waals surface area contributed by atoms with E-state index in [1.807, 2.05) is 0 Å². The second-order valence-electron chi connectivity index (χ2n) is 6.81. The predicted octanol–water partition coefficient (Wildman–Crippen LogP) is 3.47. The highest BCUT2D eigenvalue weighted by atomic mass is 16.5. The minimum atomic E-state index is -0.682. The third-order valence-electron chi connectivity index (χ3n) is 4.58. The van der Waals surface area contributed by atoms with Crippen LogP contribution in [0.4, 0.5) is 5.69 Å². The fourth-order valence-corrected chi connectivity index (χ4v) is 2.90. The van der Waals surface area contributed by atoms with Gasteiger partial charge in [-0.15, -0.1) is 0 Å². The Morgan fingerprint density at radius 3 is 1.85 bits per heavy atom. The molecule has 1 heterocycles. The molecule has 2 aromatic carbocycles. The molecule has 0 saturated carbocycles. The van der Waals surface area contributed by atoms with E-state index in [0.29, 0.717) is 17.1 Å². The van der Waals surface area contributed by atoms with Crippen molar-refractivity contribution < 1.29 is 42.5 Å². The summed E-state index contributed by atoms with van der Waals surface area (Å²) in [6, 6.07) is 13.4. The van der Waals surface area contributed by atoms with Crippen LogP contribution in [-0.2, 0) is 20.8 Å². The quantitative estimate of drug-likeness (QED) is 0.391. The van der Waals surface area contributed by atoms with Crippen molar-refractivity contribution in [2.24, 2.45) is 0 Å². The van der Waals surface area contributed by atoms with Crippen molar-refractivity contribution in [2.75, 3.05) is 26.6 Å². The molecule has 0 atom stereocenters. The van der Waals surface area contributed by atoms with Gasteiger partial charge in [0, 0.05) is 5.69 Å². The van der Waals surface area contributed by atoms with Crippen LogP contribution in [0.5, 0.6) is 5.75 Å². The number of ether oxygens (including phenoxy) is 4. The van der Waals surface area contributed by atoms with Gasteiger partial charge in [-0.3, -0.25) is 4.79 Å². The molecule has 0 bridgehead atoms. The number of furan rings is 1. The topological polar surface area (TPSA) is 130 Å².